The zero-order chi connectivity index (χ0) is 13.1. The molecule has 0 saturated carbocycles. The zero-order valence-corrected chi connectivity index (χ0v) is 10.6. The molecule has 1 saturated heterocycles. The lowest BCUT2D eigenvalue weighted by Crippen LogP contribution is -2.35. The molecule has 1 aliphatic rings. The number of carbonyl (C=O) groups is 2. The van der Waals surface area contributed by atoms with Gasteiger partial charge in [0.15, 0.2) is 5.78 Å². The highest BCUT2D eigenvalue weighted by Gasteiger charge is 2.29. The largest absolute Gasteiger partial charge is 0.332 e. The van der Waals surface area contributed by atoms with Crippen LogP contribution in [-0.4, -0.2) is 38.0 Å². The third-order valence-corrected chi connectivity index (χ3v) is 2.99. The molecule has 0 aromatic heterocycles. The maximum Gasteiger partial charge on any atom is 0.322 e. The molecule has 1 heterocycles. The first-order valence-electron chi connectivity index (χ1n) is 5.95. The van der Waals surface area contributed by atoms with Gasteiger partial charge >= 0.3 is 6.03 Å². The summed E-state index contributed by atoms with van der Waals surface area (Å²) in [5.74, 6) is 0.00299. The van der Waals surface area contributed by atoms with E-state index >= 15 is 0 Å². The van der Waals surface area contributed by atoms with Crippen molar-refractivity contribution in [3.8, 4) is 0 Å². The fraction of sp³-hybridized carbons (Fsp3) is 0.385. The Morgan fingerprint density at radius 2 is 2.33 bits per heavy atom. The van der Waals surface area contributed by atoms with Crippen LogP contribution >= 0.6 is 0 Å². The van der Waals surface area contributed by atoms with Crippen LogP contribution in [0.4, 0.5) is 10.5 Å². The molecule has 1 aliphatic heterocycles. The Hall–Kier alpha value is -1.88. The van der Waals surface area contributed by atoms with Crippen LogP contribution in [0.15, 0.2) is 24.3 Å². The molecule has 1 aromatic carbocycles. The third-order valence-electron chi connectivity index (χ3n) is 2.99. The summed E-state index contributed by atoms with van der Waals surface area (Å²) in [5, 5.41) is 5.93. The van der Waals surface area contributed by atoms with E-state index in [0.29, 0.717) is 12.1 Å². The molecular formula is C13H17N3O2. The normalized spacial score (nSPS) is 18.9. The predicted octanol–water partition coefficient (Wildman–Crippen LogP) is 1.01. The van der Waals surface area contributed by atoms with Gasteiger partial charge in [-0.05, 0) is 26.1 Å². The van der Waals surface area contributed by atoms with E-state index in [1.54, 1.807) is 23.1 Å². The summed E-state index contributed by atoms with van der Waals surface area (Å²) in [4.78, 5) is 24.8. The Morgan fingerprint density at radius 3 is 3.00 bits per heavy atom. The molecule has 0 spiro atoms. The summed E-state index contributed by atoms with van der Waals surface area (Å²) >= 11 is 0. The van der Waals surface area contributed by atoms with Crippen LogP contribution in [0, 0.1) is 0 Å². The number of benzene rings is 1. The molecule has 18 heavy (non-hydrogen) atoms. The first-order chi connectivity index (χ1) is 8.61. The van der Waals surface area contributed by atoms with E-state index in [2.05, 4.69) is 10.6 Å². The van der Waals surface area contributed by atoms with Gasteiger partial charge < -0.3 is 10.6 Å². The summed E-state index contributed by atoms with van der Waals surface area (Å²) in [6, 6.07) is 7.13. The van der Waals surface area contributed by atoms with Crippen molar-refractivity contribution >= 4 is 17.5 Å². The fourth-order valence-corrected chi connectivity index (χ4v) is 2.08. The van der Waals surface area contributed by atoms with E-state index in [4.69, 9.17) is 0 Å². The number of anilines is 1. The number of rotatable bonds is 4. The van der Waals surface area contributed by atoms with Crippen molar-refractivity contribution < 1.29 is 9.59 Å². The van der Waals surface area contributed by atoms with E-state index < -0.39 is 0 Å². The van der Waals surface area contributed by atoms with Crippen molar-refractivity contribution in [3.63, 3.8) is 0 Å². The zero-order valence-electron chi connectivity index (χ0n) is 10.6. The molecule has 5 nitrogen and oxygen atoms in total. The van der Waals surface area contributed by atoms with E-state index in [9.17, 15) is 9.59 Å². The maximum atomic E-state index is 11.8. The van der Waals surface area contributed by atoms with Gasteiger partial charge in [-0.1, -0.05) is 12.1 Å². The Labute approximate surface area is 106 Å². The first kappa shape index (κ1) is 12.6. The van der Waals surface area contributed by atoms with Gasteiger partial charge in [0.25, 0.3) is 0 Å². The van der Waals surface area contributed by atoms with Gasteiger partial charge in [-0.25, -0.2) is 4.79 Å². The summed E-state index contributed by atoms with van der Waals surface area (Å²) in [6.07, 6.45) is 0. The number of hydrogen-bond acceptors (Lipinski definition) is 3. The lowest BCUT2D eigenvalue weighted by atomic mass is 10.1. The molecule has 1 fully saturated rings. The second-order valence-corrected chi connectivity index (χ2v) is 4.42. The van der Waals surface area contributed by atoms with E-state index in [1.165, 1.54) is 6.92 Å². The molecule has 0 bridgehead atoms. The van der Waals surface area contributed by atoms with E-state index in [-0.39, 0.29) is 17.9 Å². The Kier molecular flexibility index (Phi) is 3.62. The molecule has 0 radical (unpaired) electrons. The number of carbonyl (C=O) groups excluding carboxylic acids is 2. The average molecular weight is 247 g/mol. The molecule has 2 N–H and O–H groups in total. The number of ketones is 1. The molecule has 2 amide bonds. The van der Waals surface area contributed by atoms with Gasteiger partial charge in [-0.2, -0.15) is 0 Å². The van der Waals surface area contributed by atoms with Crippen LogP contribution < -0.4 is 15.5 Å². The quantitative estimate of drug-likeness (QED) is 0.780. The van der Waals surface area contributed by atoms with Crippen molar-refractivity contribution in [1.82, 2.24) is 10.6 Å². The smallest absolute Gasteiger partial charge is 0.322 e. The molecule has 1 atom stereocenters. The van der Waals surface area contributed by atoms with Gasteiger partial charge in [0.05, 0.1) is 6.04 Å². The summed E-state index contributed by atoms with van der Waals surface area (Å²) in [5.41, 5.74) is 1.39. The minimum atomic E-state index is -0.115. The number of amides is 2. The maximum absolute atomic E-state index is 11.8. The molecule has 2 rings (SSSR count). The van der Waals surface area contributed by atoms with Crippen LogP contribution in [0.1, 0.15) is 17.3 Å². The minimum Gasteiger partial charge on any atom is -0.332 e. The number of Topliss-reactive ketones (excluding diaryl/α,β-unsaturated/α-hetero) is 1. The monoisotopic (exact) mass is 247 g/mol. The van der Waals surface area contributed by atoms with E-state index in [0.717, 1.165) is 12.2 Å². The van der Waals surface area contributed by atoms with Crippen LogP contribution in [0.25, 0.3) is 0 Å². The second-order valence-electron chi connectivity index (χ2n) is 4.42. The number of hydrogen-bond donors (Lipinski definition) is 2. The molecule has 1 aromatic rings. The molecule has 5 heteroatoms. The van der Waals surface area contributed by atoms with Crippen molar-refractivity contribution in [2.45, 2.75) is 13.0 Å². The van der Waals surface area contributed by atoms with Gasteiger partial charge in [-0.3, -0.25) is 9.69 Å². The highest BCUT2D eigenvalue weighted by Crippen LogP contribution is 2.20. The van der Waals surface area contributed by atoms with Crippen LogP contribution in [0.2, 0.25) is 0 Å². The van der Waals surface area contributed by atoms with Gasteiger partial charge in [0.2, 0.25) is 0 Å². The number of likely N-dealkylation sites (N-methyl/N-ethyl adjacent to an activating group) is 1. The standard InChI is InChI=1S/C13H17N3O2/c1-9(17)10-4-3-5-12(6-10)16-8-11(7-14-2)15-13(16)18/h3-6,11,14H,7-8H2,1-2H3,(H,15,18). The topological polar surface area (TPSA) is 61.4 Å². The molecule has 0 aliphatic carbocycles. The molecule has 1 unspecified atom stereocenters. The Bertz CT molecular complexity index is 473. The SMILES string of the molecule is CNCC1CN(c2cccc(C(C)=O)c2)C(=O)N1. The lowest BCUT2D eigenvalue weighted by Gasteiger charge is -2.15. The molecule has 96 valence electrons. The van der Waals surface area contributed by atoms with Gasteiger partial charge in [-0.15, -0.1) is 0 Å². The van der Waals surface area contributed by atoms with E-state index in [1.807, 2.05) is 13.1 Å². The van der Waals surface area contributed by atoms with Crippen molar-refractivity contribution in [3.05, 3.63) is 29.8 Å². The van der Waals surface area contributed by atoms with Crippen LogP contribution in [-0.2, 0) is 0 Å². The van der Waals surface area contributed by atoms with Crippen LogP contribution in [0.3, 0.4) is 0 Å². The van der Waals surface area contributed by atoms with Crippen LogP contribution in [0.5, 0.6) is 0 Å². The summed E-state index contributed by atoms with van der Waals surface area (Å²) in [6.45, 7) is 2.86. The number of nitrogens with one attached hydrogen (secondary N) is 2. The highest BCUT2D eigenvalue weighted by molar-refractivity contribution is 5.98. The number of nitrogens with zero attached hydrogens (tertiary/aromatic N) is 1. The Balaban J connectivity index is 2.19. The minimum absolute atomic E-state index is 0.00299. The lowest BCUT2D eigenvalue weighted by molar-refractivity contribution is 0.101. The van der Waals surface area contributed by atoms with Crippen molar-refractivity contribution in [1.29, 1.82) is 0 Å². The van der Waals surface area contributed by atoms with Gasteiger partial charge in [0, 0.05) is 24.3 Å². The fourth-order valence-electron chi connectivity index (χ4n) is 2.08. The average Bonchev–Trinajstić information content (AvgIpc) is 2.71. The highest BCUT2D eigenvalue weighted by atomic mass is 16.2. The van der Waals surface area contributed by atoms with Gasteiger partial charge in [0.1, 0.15) is 0 Å². The molecular weight excluding hydrogens is 230 g/mol. The summed E-state index contributed by atoms with van der Waals surface area (Å²) < 4.78 is 0. The summed E-state index contributed by atoms with van der Waals surface area (Å²) in [7, 11) is 1.85. The van der Waals surface area contributed by atoms with Crippen molar-refractivity contribution in [2.24, 2.45) is 0 Å². The number of urea groups is 1. The Morgan fingerprint density at radius 1 is 1.56 bits per heavy atom. The van der Waals surface area contributed by atoms with Crippen molar-refractivity contribution in [2.75, 3.05) is 25.0 Å². The third kappa shape index (κ3) is 2.51. The first-order valence-corrected chi connectivity index (χ1v) is 5.95. The second kappa shape index (κ2) is 5.18. The predicted molar refractivity (Wildman–Crippen MR) is 70.0 cm³/mol.